The fourth-order valence-electron chi connectivity index (χ4n) is 4.12. The molecule has 1 aromatic heterocycles. The zero-order chi connectivity index (χ0) is 23.5. The van der Waals surface area contributed by atoms with Crippen LogP contribution in [0.3, 0.4) is 0 Å². The van der Waals surface area contributed by atoms with Crippen molar-refractivity contribution in [2.24, 2.45) is 0 Å². The van der Waals surface area contributed by atoms with Gasteiger partial charge in [0.1, 0.15) is 29.7 Å². The monoisotopic (exact) mass is 466 g/mol. The summed E-state index contributed by atoms with van der Waals surface area (Å²) in [4.78, 5) is 14.4. The van der Waals surface area contributed by atoms with E-state index < -0.39 is 0 Å². The maximum Gasteiger partial charge on any atom is 0.341 e. The molecule has 2 fully saturated rings. The van der Waals surface area contributed by atoms with Crippen molar-refractivity contribution in [3.63, 3.8) is 0 Å². The first-order chi connectivity index (χ1) is 16.6. The number of benzene rings is 2. The highest BCUT2D eigenvalue weighted by Crippen LogP contribution is 2.36. The summed E-state index contributed by atoms with van der Waals surface area (Å²) in [5.74, 6) is 1.02. The van der Waals surface area contributed by atoms with Gasteiger partial charge in [0.2, 0.25) is 0 Å². The van der Waals surface area contributed by atoms with Crippen LogP contribution < -0.4 is 19.7 Å². The third kappa shape index (κ3) is 4.66. The SMILES string of the molecule is CN(C)c1cccc(Oc2nnnn2[C@H]2CO[C@H]3[C@@H]2OC[C@@H]3NC(=O)COc2ccccc2)c1. The van der Waals surface area contributed by atoms with Crippen LogP contribution >= 0.6 is 0 Å². The molecular formula is C23H26N6O5. The maximum atomic E-state index is 12.4. The molecule has 11 heteroatoms. The molecule has 34 heavy (non-hydrogen) atoms. The molecule has 0 aliphatic carbocycles. The van der Waals surface area contributed by atoms with Crippen molar-refractivity contribution in [3.05, 3.63) is 54.6 Å². The highest BCUT2D eigenvalue weighted by atomic mass is 16.6. The van der Waals surface area contributed by atoms with E-state index in [0.29, 0.717) is 24.7 Å². The summed E-state index contributed by atoms with van der Waals surface area (Å²) >= 11 is 0. The molecule has 3 heterocycles. The van der Waals surface area contributed by atoms with Crippen LogP contribution in [0.4, 0.5) is 5.69 Å². The Kier molecular flexibility index (Phi) is 6.28. The summed E-state index contributed by atoms with van der Waals surface area (Å²) in [6, 6.07) is 16.5. The molecule has 1 amide bonds. The number of aromatic nitrogens is 4. The fourth-order valence-corrected chi connectivity index (χ4v) is 4.12. The van der Waals surface area contributed by atoms with Crippen LogP contribution in [-0.4, -0.2) is 78.3 Å². The summed E-state index contributed by atoms with van der Waals surface area (Å²) in [6.45, 7) is 0.575. The fraction of sp³-hybridized carbons (Fsp3) is 0.391. The molecule has 5 rings (SSSR count). The summed E-state index contributed by atoms with van der Waals surface area (Å²) in [5, 5.41) is 14.9. The minimum Gasteiger partial charge on any atom is -0.484 e. The Hall–Kier alpha value is -3.70. The van der Waals surface area contributed by atoms with E-state index in [0.717, 1.165) is 5.69 Å². The number of amides is 1. The van der Waals surface area contributed by atoms with Crippen molar-refractivity contribution in [2.45, 2.75) is 24.3 Å². The van der Waals surface area contributed by atoms with Gasteiger partial charge in [-0.05, 0) is 34.7 Å². The Morgan fingerprint density at radius 3 is 2.71 bits per heavy atom. The van der Waals surface area contributed by atoms with Crippen LogP contribution in [0.25, 0.3) is 0 Å². The summed E-state index contributed by atoms with van der Waals surface area (Å²) < 4.78 is 25.0. The predicted molar refractivity (Wildman–Crippen MR) is 121 cm³/mol. The van der Waals surface area contributed by atoms with Gasteiger partial charge in [-0.1, -0.05) is 29.4 Å². The molecule has 3 aromatic rings. The second-order valence-electron chi connectivity index (χ2n) is 8.34. The minimum atomic E-state index is -0.320. The van der Waals surface area contributed by atoms with E-state index in [-0.39, 0.29) is 42.8 Å². The average Bonchev–Trinajstić information content (AvgIpc) is 3.56. The number of nitrogens with one attached hydrogen (secondary N) is 1. The van der Waals surface area contributed by atoms with Gasteiger partial charge < -0.3 is 29.2 Å². The van der Waals surface area contributed by atoms with Crippen LogP contribution in [-0.2, 0) is 14.3 Å². The van der Waals surface area contributed by atoms with Crippen molar-refractivity contribution in [2.75, 3.05) is 38.8 Å². The van der Waals surface area contributed by atoms with Crippen LogP contribution in [0.2, 0.25) is 0 Å². The number of rotatable bonds is 8. The molecule has 178 valence electrons. The van der Waals surface area contributed by atoms with Gasteiger partial charge in [-0.2, -0.15) is 4.68 Å². The smallest absolute Gasteiger partial charge is 0.341 e. The number of anilines is 1. The second-order valence-corrected chi connectivity index (χ2v) is 8.34. The van der Waals surface area contributed by atoms with Crippen molar-refractivity contribution in [1.82, 2.24) is 25.5 Å². The number of para-hydroxylation sites is 1. The van der Waals surface area contributed by atoms with E-state index in [1.165, 1.54) is 0 Å². The van der Waals surface area contributed by atoms with Gasteiger partial charge in [-0.3, -0.25) is 4.79 Å². The molecule has 2 aliphatic rings. The first-order valence-electron chi connectivity index (χ1n) is 11.0. The second kappa shape index (κ2) is 9.65. The van der Waals surface area contributed by atoms with E-state index in [1.54, 1.807) is 16.8 Å². The van der Waals surface area contributed by atoms with Crippen LogP contribution in [0, 0.1) is 0 Å². The molecule has 0 bridgehead atoms. The number of carbonyl (C=O) groups excluding carboxylic acids is 1. The zero-order valence-electron chi connectivity index (χ0n) is 18.9. The molecular weight excluding hydrogens is 440 g/mol. The highest BCUT2D eigenvalue weighted by molar-refractivity contribution is 5.78. The van der Waals surface area contributed by atoms with Gasteiger partial charge in [0.25, 0.3) is 5.91 Å². The standard InChI is InChI=1S/C23H26N6O5/c1-28(2)15-7-6-10-17(11-15)34-23-25-26-27-29(23)19-13-33-21-18(12-32-22(19)21)24-20(30)14-31-16-8-4-3-5-9-16/h3-11,18-19,21-22H,12-14H2,1-2H3,(H,24,30)/t18-,19-,21+,22+/m0/s1. The Morgan fingerprint density at radius 2 is 1.88 bits per heavy atom. The first kappa shape index (κ1) is 22.1. The van der Waals surface area contributed by atoms with Crippen molar-refractivity contribution >= 4 is 11.6 Å². The zero-order valence-corrected chi connectivity index (χ0v) is 18.9. The molecule has 1 N–H and O–H groups in total. The Bertz CT molecular complexity index is 1120. The number of hydrogen-bond donors (Lipinski definition) is 1. The quantitative estimate of drug-likeness (QED) is 0.527. The number of ether oxygens (including phenoxy) is 4. The molecule has 11 nitrogen and oxygen atoms in total. The Balaban J connectivity index is 1.21. The van der Waals surface area contributed by atoms with Gasteiger partial charge in [0.15, 0.2) is 6.61 Å². The topological polar surface area (TPSA) is 113 Å². The Morgan fingerprint density at radius 1 is 1.09 bits per heavy atom. The predicted octanol–water partition coefficient (Wildman–Crippen LogP) is 1.43. The van der Waals surface area contributed by atoms with Crippen LogP contribution in [0.15, 0.2) is 54.6 Å². The Labute approximate surface area is 196 Å². The molecule has 0 unspecified atom stereocenters. The molecule has 2 aliphatic heterocycles. The largest absolute Gasteiger partial charge is 0.484 e. The lowest BCUT2D eigenvalue weighted by Crippen LogP contribution is -2.45. The number of tetrazole rings is 1. The summed E-state index contributed by atoms with van der Waals surface area (Å²) in [7, 11) is 3.92. The summed E-state index contributed by atoms with van der Waals surface area (Å²) in [5.41, 5.74) is 0.995. The van der Waals surface area contributed by atoms with Gasteiger partial charge in [-0.25, -0.2) is 0 Å². The third-order valence-electron chi connectivity index (χ3n) is 5.81. The van der Waals surface area contributed by atoms with E-state index in [2.05, 4.69) is 20.8 Å². The lowest BCUT2D eigenvalue weighted by atomic mass is 10.1. The molecule has 2 saturated heterocycles. The molecule has 4 atom stereocenters. The van der Waals surface area contributed by atoms with Crippen molar-refractivity contribution in [3.8, 4) is 17.5 Å². The van der Waals surface area contributed by atoms with E-state index in [4.69, 9.17) is 18.9 Å². The normalized spacial score (nSPS) is 23.4. The van der Waals surface area contributed by atoms with Crippen molar-refractivity contribution < 1.29 is 23.7 Å². The first-order valence-corrected chi connectivity index (χ1v) is 11.0. The summed E-state index contributed by atoms with van der Waals surface area (Å²) in [6.07, 6.45) is -0.640. The van der Waals surface area contributed by atoms with Crippen LogP contribution in [0.1, 0.15) is 6.04 Å². The van der Waals surface area contributed by atoms with Gasteiger partial charge in [0.05, 0.1) is 19.3 Å². The molecule has 2 aromatic carbocycles. The average molecular weight is 466 g/mol. The molecule has 0 spiro atoms. The van der Waals surface area contributed by atoms with Crippen LogP contribution in [0.5, 0.6) is 17.5 Å². The van der Waals surface area contributed by atoms with Gasteiger partial charge >= 0.3 is 6.01 Å². The van der Waals surface area contributed by atoms with E-state index in [9.17, 15) is 4.79 Å². The van der Waals surface area contributed by atoms with Crippen molar-refractivity contribution in [1.29, 1.82) is 0 Å². The number of nitrogens with zero attached hydrogens (tertiary/aromatic N) is 5. The number of fused-ring (bicyclic) bond motifs is 1. The van der Waals surface area contributed by atoms with Gasteiger partial charge in [0, 0.05) is 25.8 Å². The molecule has 0 radical (unpaired) electrons. The highest BCUT2D eigenvalue weighted by Gasteiger charge is 2.50. The lowest BCUT2D eigenvalue weighted by Gasteiger charge is -2.18. The van der Waals surface area contributed by atoms with E-state index >= 15 is 0 Å². The van der Waals surface area contributed by atoms with E-state index in [1.807, 2.05) is 61.5 Å². The number of carbonyl (C=O) groups is 1. The maximum absolute atomic E-state index is 12.4. The third-order valence-corrected chi connectivity index (χ3v) is 5.81. The number of hydrogen-bond acceptors (Lipinski definition) is 9. The molecule has 0 saturated carbocycles. The lowest BCUT2D eigenvalue weighted by molar-refractivity contribution is -0.124. The minimum absolute atomic E-state index is 0.0850. The van der Waals surface area contributed by atoms with Gasteiger partial charge in [-0.15, -0.1) is 0 Å².